The molecule has 0 atom stereocenters. The molecule has 0 fully saturated rings. The van der Waals surface area contributed by atoms with E-state index in [-0.39, 0.29) is 22.4 Å². The second-order valence-electron chi connectivity index (χ2n) is 6.09. The smallest absolute Gasteiger partial charge is 0.257 e. The number of methoxy groups -OCH3 is 3. The fraction of sp³-hybridized carbons (Fsp3) is 0.200. The van der Waals surface area contributed by atoms with Gasteiger partial charge in [-0.15, -0.1) is 10.2 Å². The molecule has 3 rings (SSSR count). The van der Waals surface area contributed by atoms with Gasteiger partial charge < -0.3 is 19.5 Å². The first-order valence-electron chi connectivity index (χ1n) is 9.06. The zero-order valence-electron chi connectivity index (χ0n) is 17.3. The van der Waals surface area contributed by atoms with Crippen molar-refractivity contribution < 1.29 is 28.2 Å². The highest BCUT2D eigenvalue weighted by Gasteiger charge is 2.18. The minimum atomic E-state index is -0.444. The Labute approximate surface area is 191 Å². The predicted molar refractivity (Wildman–Crippen MR) is 120 cm³/mol. The average Bonchev–Trinajstić information content (AvgIpc) is 3.23. The number of amides is 2. The van der Waals surface area contributed by atoms with Crippen LogP contribution in [0.2, 0.25) is 0 Å². The van der Waals surface area contributed by atoms with Crippen molar-refractivity contribution in [2.75, 3.05) is 37.7 Å². The van der Waals surface area contributed by atoms with E-state index in [0.717, 1.165) is 23.1 Å². The lowest BCUT2D eigenvalue weighted by Crippen LogP contribution is -2.13. The molecule has 1 aromatic heterocycles. The minimum Gasteiger partial charge on any atom is -0.493 e. The summed E-state index contributed by atoms with van der Waals surface area (Å²) in [7, 11) is 4.38. The Morgan fingerprint density at radius 2 is 1.75 bits per heavy atom. The zero-order chi connectivity index (χ0) is 23.1. The summed E-state index contributed by atoms with van der Waals surface area (Å²) in [6.45, 7) is 0. The van der Waals surface area contributed by atoms with Crippen molar-refractivity contribution >= 4 is 45.7 Å². The van der Waals surface area contributed by atoms with Gasteiger partial charge in [0.2, 0.25) is 16.8 Å². The highest BCUT2D eigenvalue weighted by Crippen LogP contribution is 2.38. The van der Waals surface area contributed by atoms with Gasteiger partial charge in [-0.25, -0.2) is 4.39 Å². The molecule has 1 heterocycles. The van der Waals surface area contributed by atoms with Gasteiger partial charge in [-0.3, -0.25) is 14.9 Å². The first-order valence-corrected chi connectivity index (χ1v) is 10.9. The molecule has 32 heavy (non-hydrogen) atoms. The number of carbonyl (C=O) groups excluding carboxylic acids is 2. The van der Waals surface area contributed by atoms with Gasteiger partial charge in [0.05, 0.1) is 27.1 Å². The average molecular weight is 479 g/mol. The Balaban J connectivity index is 1.60. The van der Waals surface area contributed by atoms with E-state index in [0.29, 0.717) is 27.3 Å². The molecule has 9 nitrogen and oxygen atoms in total. The molecule has 3 aromatic rings. The summed E-state index contributed by atoms with van der Waals surface area (Å²) in [6.07, 6.45) is 0. The number of rotatable bonds is 9. The minimum absolute atomic E-state index is 0.0476. The van der Waals surface area contributed by atoms with E-state index in [1.165, 1.54) is 51.7 Å². The van der Waals surface area contributed by atoms with Crippen LogP contribution in [0.25, 0.3) is 0 Å². The van der Waals surface area contributed by atoms with E-state index in [1.807, 2.05) is 0 Å². The SMILES string of the molecule is COc1cc(C(=O)Nc2nnc(SCC(=O)Nc3cccc(F)c3)s2)cc(OC)c1OC. The molecule has 0 aliphatic carbocycles. The van der Waals surface area contributed by atoms with Crippen LogP contribution in [0.1, 0.15) is 10.4 Å². The Morgan fingerprint density at radius 3 is 2.38 bits per heavy atom. The zero-order valence-corrected chi connectivity index (χ0v) is 18.9. The molecule has 12 heteroatoms. The van der Waals surface area contributed by atoms with Gasteiger partial charge in [0.25, 0.3) is 5.91 Å². The van der Waals surface area contributed by atoms with Crippen LogP contribution >= 0.6 is 23.1 Å². The summed E-state index contributed by atoms with van der Waals surface area (Å²) < 4.78 is 29.4. The monoisotopic (exact) mass is 478 g/mol. The summed E-state index contributed by atoms with van der Waals surface area (Å²) >= 11 is 2.26. The molecular formula is C20H19FN4O5S2. The second-order valence-corrected chi connectivity index (χ2v) is 8.29. The first kappa shape index (κ1) is 23.3. The molecule has 0 aliphatic rings. The van der Waals surface area contributed by atoms with Crippen molar-refractivity contribution in [3.8, 4) is 17.2 Å². The normalized spacial score (nSPS) is 10.4. The second kappa shape index (κ2) is 10.8. The molecule has 168 valence electrons. The van der Waals surface area contributed by atoms with Crippen molar-refractivity contribution in [3.05, 3.63) is 47.8 Å². The molecule has 0 spiro atoms. The maximum Gasteiger partial charge on any atom is 0.257 e. The van der Waals surface area contributed by atoms with Crippen LogP contribution in [-0.2, 0) is 4.79 Å². The van der Waals surface area contributed by atoms with E-state index in [9.17, 15) is 14.0 Å². The third-order valence-corrected chi connectivity index (χ3v) is 5.96. The molecule has 0 unspecified atom stereocenters. The topological polar surface area (TPSA) is 112 Å². The standard InChI is InChI=1S/C20H19FN4O5S2/c1-28-14-7-11(8-15(29-2)17(14)30-3)18(27)23-19-24-25-20(32-19)31-10-16(26)22-13-6-4-5-12(21)9-13/h4-9H,10H2,1-3H3,(H,22,26)(H,23,24,27). The highest BCUT2D eigenvalue weighted by atomic mass is 32.2. The van der Waals surface area contributed by atoms with Crippen LogP contribution in [0.5, 0.6) is 17.2 Å². The number of carbonyl (C=O) groups is 2. The quantitative estimate of drug-likeness (QED) is 0.354. The number of nitrogens with one attached hydrogen (secondary N) is 2. The van der Waals surface area contributed by atoms with Crippen LogP contribution < -0.4 is 24.8 Å². The third-order valence-electron chi connectivity index (χ3n) is 3.99. The van der Waals surface area contributed by atoms with Gasteiger partial charge in [0.15, 0.2) is 15.8 Å². The maximum atomic E-state index is 13.2. The summed E-state index contributed by atoms with van der Waals surface area (Å²) in [6, 6.07) is 8.65. The van der Waals surface area contributed by atoms with Crippen molar-refractivity contribution in [3.63, 3.8) is 0 Å². The molecule has 0 aliphatic heterocycles. The number of halogens is 1. The highest BCUT2D eigenvalue weighted by molar-refractivity contribution is 8.01. The molecular weight excluding hydrogens is 459 g/mol. The van der Waals surface area contributed by atoms with Crippen LogP contribution in [-0.4, -0.2) is 49.1 Å². The third kappa shape index (κ3) is 5.86. The van der Waals surface area contributed by atoms with E-state index in [1.54, 1.807) is 6.07 Å². The molecule has 2 amide bonds. The number of thioether (sulfide) groups is 1. The van der Waals surface area contributed by atoms with Gasteiger partial charge >= 0.3 is 0 Å². The lowest BCUT2D eigenvalue weighted by Gasteiger charge is -2.13. The molecule has 0 radical (unpaired) electrons. The van der Waals surface area contributed by atoms with E-state index >= 15 is 0 Å². The maximum absolute atomic E-state index is 13.2. The van der Waals surface area contributed by atoms with Crippen LogP contribution in [0.4, 0.5) is 15.2 Å². The molecule has 2 aromatic carbocycles. The summed E-state index contributed by atoms with van der Waals surface area (Å²) in [5, 5.41) is 13.4. The number of hydrogen-bond donors (Lipinski definition) is 2. The number of hydrogen-bond acceptors (Lipinski definition) is 9. The van der Waals surface area contributed by atoms with Crippen LogP contribution in [0, 0.1) is 5.82 Å². The lowest BCUT2D eigenvalue weighted by atomic mass is 10.1. The van der Waals surface area contributed by atoms with Crippen molar-refractivity contribution in [1.29, 1.82) is 0 Å². The van der Waals surface area contributed by atoms with E-state index in [4.69, 9.17) is 14.2 Å². The fourth-order valence-corrected chi connectivity index (χ4v) is 4.14. The van der Waals surface area contributed by atoms with Gasteiger partial charge in [-0.1, -0.05) is 29.2 Å². The summed E-state index contributed by atoms with van der Waals surface area (Å²) in [4.78, 5) is 24.7. The Hall–Kier alpha value is -3.38. The Kier molecular flexibility index (Phi) is 7.84. The molecule has 0 saturated heterocycles. The number of nitrogens with zero attached hydrogens (tertiary/aromatic N) is 2. The number of aromatic nitrogens is 2. The van der Waals surface area contributed by atoms with Gasteiger partial charge in [0.1, 0.15) is 5.82 Å². The van der Waals surface area contributed by atoms with Crippen molar-refractivity contribution in [1.82, 2.24) is 10.2 Å². The van der Waals surface area contributed by atoms with Crippen LogP contribution in [0.3, 0.4) is 0 Å². The predicted octanol–water partition coefficient (Wildman–Crippen LogP) is 3.69. The van der Waals surface area contributed by atoms with Gasteiger partial charge in [0, 0.05) is 11.3 Å². The number of anilines is 2. The first-order chi connectivity index (χ1) is 15.4. The molecule has 0 saturated carbocycles. The summed E-state index contributed by atoms with van der Waals surface area (Å²) in [5.41, 5.74) is 0.643. The molecule has 2 N–H and O–H groups in total. The van der Waals surface area contributed by atoms with E-state index in [2.05, 4.69) is 20.8 Å². The number of benzene rings is 2. The van der Waals surface area contributed by atoms with Crippen molar-refractivity contribution in [2.45, 2.75) is 4.34 Å². The lowest BCUT2D eigenvalue weighted by molar-refractivity contribution is -0.113. The fourth-order valence-electron chi connectivity index (χ4n) is 2.59. The number of ether oxygens (including phenoxy) is 3. The van der Waals surface area contributed by atoms with Gasteiger partial charge in [-0.2, -0.15) is 0 Å². The van der Waals surface area contributed by atoms with Crippen LogP contribution in [0.15, 0.2) is 40.7 Å². The van der Waals surface area contributed by atoms with E-state index < -0.39 is 11.7 Å². The van der Waals surface area contributed by atoms with Crippen molar-refractivity contribution in [2.24, 2.45) is 0 Å². The Morgan fingerprint density at radius 1 is 1.03 bits per heavy atom. The summed E-state index contributed by atoms with van der Waals surface area (Å²) in [5.74, 6) is -0.0969. The Bertz CT molecular complexity index is 1100. The molecule has 0 bridgehead atoms. The largest absolute Gasteiger partial charge is 0.493 e. The van der Waals surface area contributed by atoms with Gasteiger partial charge in [-0.05, 0) is 30.3 Å².